The van der Waals surface area contributed by atoms with Crippen molar-refractivity contribution in [2.45, 2.75) is 38.5 Å². The summed E-state index contributed by atoms with van der Waals surface area (Å²) >= 11 is 0. The Balaban J connectivity index is 1.84. The van der Waals surface area contributed by atoms with Crippen molar-refractivity contribution in [3.63, 3.8) is 0 Å². The van der Waals surface area contributed by atoms with Gasteiger partial charge in [-0.2, -0.15) is 4.31 Å². The first-order valence-electron chi connectivity index (χ1n) is 9.74. The van der Waals surface area contributed by atoms with Gasteiger partial charge < -0.3 is 9.64 Å². The van der Waals surface area contributed by atoms with Gasteiger partial charge in [0.25, 0.3) is 0 Å². The molecule has 0 aliphatic carbocycles. The zero-order valence-corrected chi connectivity index (χ0v) is 18.2. The van der Waals surface area contributed by atoms with E-state index in [0.29, 0.717) is 31.9 Å². The van der Waals surface area contributed by atoms with E-state index in [2.05, 4.69) is 49.9 Å². The average molecular weight is 403 g/mol. The van der Waals surface area contributed by atoms with Gasteiger partial charge in [0, 0.05) is 31.9 Å². The smallest absolute Gasteiger partial charge is 0.246 e. The minimum Gasteiger partial charge on any atom is -0.495 e. The van der Waals surface area contributed by atoms with Crippen LogP contribution in [-0.4, -0.2) is 46.0 Å². The third-order valence-corrected chi connectivity index (χ3v) is 7.35. The molecule has 0 N–H and O–H groups in total. The number of nitrogens with zero attached hydrogens (tertiary/aromatic N) is 2. The topological polar surface area (TPSA) is 49.9 Å². The van der Waals surface area contributed by atoms with Crippen LogP contribution in [0.4, 0.5) is 5.69 Å². The molecular formula is C22H30N2O3S. The van der Waals surface area contributed by atoms with E-state index in [1.54, 1.807) is 10.4 Å². The van der Waals surface area contributed by atoms with Crippen LogP contribution >= 0.6 is 0 Å². The molecule has 0 saturated carbocycles. The van der Waals surface area contributed by atoms with Crippen LogP contribution in [0.1, 0.15) is 36.5 Å². The van der Waals surface area contributed by atoms with Crippen LogP contribution < -0.4 is 9.64 Å². The molecule has 1 aliphatic rings. The predicted molar refractivity (Wildman–Crippen MR) is 114 cm³/mol. The molecule has 0 bridgehead atoms. The molecule has 1 aliphatic heterocycles. The summed E-state index contributed by atoms with van der Waals surface area (Å²) in [7, 11) is -2.08. The van der Waals surface area contributed by atoms with Crippen LogP contribution in [0.3, 0.4) is 0 Å². The molecule has 0 amide bonds. The molecule has 0 aromatic heterocycles. The van der Waals surface area contributed by atoms with Crippen molar-refractivity contribution < 1.29 is 13.2 Å². The SMILES string of the molecule is COc1cc(C)c(C(C)C)cc1S(=O)(=O)N1CCN(c2ccc(C)cc2)CC1. The van der Waals surface area contributed by atoms with Gasteiger partial charge in [0.1, 0.15) is 10.6 Å². The third kappa shape index (κ3) is 4.03. The Morgan fingerprint density at radius 3 is 2.11 bits per heavy atom. The van der Waals surface area contributed by atoms with E-state index in [-0.39, 0.29) is 10.8 Å². The molecule has 0 unspecified atom stereocenters. The first-order chi connectivity index (χ1) is 13.2. The largest absolute Gasteiger partial charge is 0.495 e. The maximum atomic E-state index is 13.4. The maximum Gasteiger partial charge on any atom is 0.246 e. The van der Waals surface area contributed by atoms with Crippen LogP contribution in [0, 0.1) is 13.8 Å². The molecule has 0 radical (unpaired) electrons. The lowest BCUT2D eigenvalue weighted by molar-refractivity contribution is 0.374. The minimum atomic E-state index is -3.61. The summed E-state index contributed by atoms with van der Waals surface area (Å²) in [4.78, 5) is 2.50. The first-order valence-corrected chi connectivity index (χ1v) is 11.2. The van der Waals surface area contributed by atoms with Gasteiger partial charge in [0.15, 0.2) is 0 Å². The maximum absolute atomic E-state index is 13.4. The molecular weight excluding hydrogens is 372 g/mol. The average Bonchev–Trinajstić information content (AvgIpc) is 2.68. The van der Waals surface area contributed by atoms with Crippen molar-refractivity contribution in [3.05, 3.63) is 53.1 Å². The molecule has 1 heterocycles. The Kier molecular flexibility index (Phi) is 6.01. The summed E-state index contributed by atoms with van der Waals surface area (Å²) in [6.45, 7) is 10.5. The van der Waals surface area contributed by atoms with E-state index in [0.717, 1.165) is 16.8 Å². The molecule has 5 nitrogen and oxygen atoms in total. The highest BCUT2D eigenvalue weighted by Crippen LogP contribution is 2.33. The lowest BCUT2D eigenvalue weighted by Gasteiger charge is -2.35. The molecule has 1 saturated heterocycles. The Hall–Kier alpha value is -2.05. The van der Waals surface area contributed by atoms with Crippen LogP contribution in [0.2, 0.25) is 0 Å². The van der Waals surface area contributed by atoms with E-state index in [9.17, 15) is 8.42 Å². The zero-order chi connectivity index (χ0) is 20.5. The van der Waals surface area contributed by atoms with Crippen molar-refractivity contribution in [2.75, 3.05) is 38.2 Å². The Labute approximate surface area is 169 Å². The van der Waals surface area contributed by atoms with Crippen molar-refractivity contribution in [1.82, 2.24) is 4.31 Å². The third-order valence-electron chi connectivity index (χ3n) is 5.43. The van der Waals surface area contributed by atoms with Gasteiger partial charge in [-0.15, -0.1) is 0 Å². The van der Waals surface area contributed by atoms with E-state index in [1.165, 1.54) is 12.7 Å². The summed E-state index contributed by atoms with van der Waals surface area (Å²) in [5.74, 6) is 0.668. The van der Waals surface area contributed by atoms with Crippen LogP contribution in [0.15, 0.2) is 41.3 Å². The highest BCUT2D eigenvalue weighted by atomic mass is 32.2. The Morgan fingerprint density at radius 1 is 0.964 bits per heavy atom. The summed E-state index contributed by atoms with van der Waals surface area (Å²) in [5.41, 5.74) is 4.45. The molecule has 28 heavy (non-hydrogen) atoms. The summed E-state index contributed by atoms with van der Waals surface area (Å²) in [6, 6.07) is 12.0. The first kappa shape index (κ1) is 20.7. The highest BCUT2D eigenvalue weighted by Gasteiger charge is 2.31. The second-order valence-electron chi connectivity index (χ2n) is 7.74. The van der Waals surface area contributed by atoms with E-state index in [4.69, 9.17) is 4.74 Å². The van der Waals surface area contributed by atoms with E-state index < -0.39 is 10.0 Å². The molecule has 0 spiro atoms. The van der Waals surface area contributed by atoms with Gasteiger partial charge in [0.2, 0.25) is 10.0 Å². The molecule has 0 atom stereocenters. The lowest BCUT2D eigenvalue weighted by atomic mass is 9.98. The van der Waals surface area contributed by atoms with Gasteiger partial charge in [-0.3, -0.25) is 0 Å². The lowest BCUT2D eigenvalue weighted by Crippen LogP contribution is -2.48. The van der Waals surface area contributed by atoms with Crippen LogP contribution in [0.5, 0.6) is 5.75 Å². The van der Waals surface area contributed by atoms with Gasteiger partial charge in [-0.05, 0) is 55.2 Å². The number of aryl methyl sites for hydroxylation is 2. The number of ether oxygens (including phenoxy) is 1. The Morgan fingerprint density at radius 2 is 1.57 bits per heavy atom. The number of benzene rings is 2. The van der Waals surface area contributed by atoms with Crippen LogP contribution in [0.25, 0.3) is 0 Å². The number of rotatable bonds is 5. The summed E-state index contributed by atoms with van der Waals surface area (Å²) in [5, 5.41) is 0. The zero-order valence-electron chi connectivity index (χ0n) is 17.4. The number of hydrogen-bond acceptors (Lipinski definition) is 4. The predicted octanol–water partition coefficient (Wildman–Crippen LogP) is 3.95. The van der Waals surface area contributed by atoms with Gasteiger partial charge in [0.05, 0.1) is 7.11 Å². The van der Waals surface area contributed by atoms with Gasteiger partial charge >= 0.3 is 0 Å². The highest BCUT2D eigenvalue weighted by molar-refractivity contribution is 7.89. The summed E-state index contributed by atoms with van der Waals surface area (Å²) in [6.07, 6.45) is 0. The van der Waals surface area contributed by atoms with Crippen molar-refractivity contribution >= 4 is 15.7 Å². The standard InChI is InChI=1S/C22H30N2O3S/c1-16(2)20-15-22(21(27-5)14-18(20)4)28(25,26)24-12-10-23(11-13-24)19-8-6-17(3)7-9-19/h6-9,14-16H,10-13H2,1-5H3. The van der Waals surface area contributed by atoms with Crippen molar-refractivity contribution in [3.8, 4) is 5.75 Å². The molecule has 6 heteroatoms. The number of anilines is 1. The van der Waals surface area contributed by atoms with Gasteiger partial charge in [-0.1, -0.05) is 31.5 Å². The van der Waals surface area contributed by atoms with Gasteiger partial charge in [-0.25, -0.2) is 8.42 Å². The number of piperazine rings is 1. The summed E-state index contributed by atoms with van der Waals surface area (Å²) < 4.78 is 33.7. The molecule has 3 rings (SSSR count). The normalized spacial score (nSPS) is 15.9. The van der Waals surface area contributed by atoms with Crippen molar-refractivity contribution in [2.24, 2.45) is 0 Å². The number of hydrogen-bond donors (Lipinski definition) is 0. The fraction of sp³-hybridized carbons (Fsp3) is 0.455. The fourth-order valence-corrected chi connectivity index (χ4v) is 5.34. The monoisotopic (exact) mass is 402 g/mol. The second-order valence-corrected chi connectivity index (χ2v) is 9.65. The quantitative estimate of drug-likeness (QED) is 0.760. The Bertz CT molecular complexity index is 929. The number of sulfonamides is 1. The van der Waals surface area contributed by atoms with Crippen LogP contribution in [-0.2, 0) is 10.0 Å². The van der Waals surface area contributed by atoms with E-state index in [1.807, 2.05) is 13.0 Å². The fourth-order valence-electron chi connectivity index (χ4n) is 3.74. The molecule has 152 valence electrons. The van der Waals surface area contributed by atoms with E-state index >= 15 is 0 Å². The molecule has 2 aromatic carbocycles. The number of methoxy groups -OCH3 is 1. The second kappa shape index (κ2) is 8.13. The molecule has 1 fully saturated rings. The van der Waals surface area contributed by atoms with Crippen molar-refractivity contribution in [1.29, 1.82) is 0 Å². The molecule has 2 aromatic rings. The minimum absolute atomic E-state index is 0.248.